The number of carboxylic acid groups (broad SMARTS) is 1. The Balaban J connectivity index is 2.11. The van der Waals surface area contributed by atoms with Gasteiger partial charge in [0.15, 0.2) is 5.75 Å². The Morgan fingerprint density at radius 1 is 1.52 bits per heavy atom. The van der Waals surface area contributed by atoms with Crippen LogP contribution in [0.15, 0.2) is 18.2 Å². The molecule has 1 fully saturated rings. The van der Waals surface area contributed by atoms with Gasteiger partial charge in [0.2, 0.25) is 0 Å². The molecule has 1 saturated carbocycles. The average molecular weight is 294 g/mol. The lowest BCUT2D eigenvalue weighted by Gasteiger charge is -2.21. The smallest absolute Gasteiger partial charge is 0.311 e. The number of ether oxygens (including phenoxy) is 1. The van der Waals surface area contributed by atoms with Crippen LogP contribution in [0.4, 0.5) is 5.69 Å². The van der Waals surface area contributed by atoms with Gasteiger partial charge in [-0.05, 0) is 24.5 Å². The average Bonchev–Trinajstić information content (AvgIpc) is 3.27. The topological polar surface area (TPSA) is 92.9 Å². The summed E-state index contributed by atoms with van der Waals surface area (Å²) >= 11 is 0. The molecule has 1 aliphatic rings. The van der Waals surface area contributed by atoms with Crippen LogP contribution in [0.25, 0.3) is 0 Å². The highest BCUT2D eigenvalue weighted by Crippen LogP contribution is 2.31. The van der Waals surface area contributed by atoms with Gasteiger partial charge in [-0.15, -0.1) is 0 Å². The molecular formula is C14H18N2O5. The highest BCUT2D eigenvalue weighted by atomic mass is 16.6. The molecule has 0 amide bonds. The fourth-order valence-corrected chi connectivity index (χ4v) is 2.28. The molecule has 0 spiro atoms. The summed E-state index contributed by atoms with van der Waals surface area (Å²) in [5.74, 6) is -0.603. The van der Waals surface area contributed by atoms with Crippen LogP contribution >= 0.6 is 0 Å². The number of nitro benzene ring substituents is 1. The molecule has 1 aromatic carbocycles. The second kappa shape index (κ2) is 6.53. The summed E-state index contributed by atoms with van der Waals surface area (Å²) in [7, 11) is 1.39. The molecule has 2 rings (SSSR count). The van der Waals surface area contributed by atoms with Crippen LogP contribution in [0.3, 0.4) is 0 Å². The predicted octanol–water partition coefficient (Wildman–Crippen LogP) is 2.04. The number of carbonyl (C=O) groups is 1. The molecule has 0 saturated heterocycles. The Bertz CT molecular complexity index is 542. The first-order valence-electron chi connectivity index (χ1n) is 6.78. The number of rotatable bonds is 8. The molecule has 0 aliphatic heterocycles. The van der Waals surface area contributed by atoms with E-state index < -0.39 is 10.9 Å². The second-order valence-electron chi connectivity index (χ2n) is 5.11. The van der Waals surface area contributed by atoms with Crippen molar-refractivity contribution in [3.63, 3.8) is 0 Å². The van der Waals surface area contributed by atoms with Crippen molar-refractivity contribution in [2.75, 3.05) is 13.7 Å². The van der Waals surface area contributed by atoms with E-state index in [1.165, 1.54) is 13.2 Å². The van der Waals surface area contributed by atoms with E-state index in [1.54, 1.807) is 12.1 Å². The van der Waals surface area contributed by atoms with E-state index in [9.17, 15) is 14.9 Å². The number of hydrogen-bond acceptors (Lipinski definition) is 5. The normalized spacial score (nSPS) is 14.2. The van der Waals surface area contributed by atoms with Crippen LogP contribution in [0, 0.1) is 10.1 Å². The summed E-state index contributed by atoms with van der Waals surface area (Å²) in [5, 5.41) is 19.8. The maximum absolute atomic E-state index is 11.0. The van der Waals surface area contributed by atoms with Crippen LogP contribution in [-0.4, -0.2) is 40.6 Å². The van der Waals surface area contributed by atoms with Gasteiger partial charge in [0.05, 0.1) is 18.5 Å². The van der Waals surface area contributed by atoms with E-state index in [2.05, 4.69) is 4.90 Å². The lowest BCUT2D eigenvalue weighted by Crippen LogP contribution is -2.28. The van der Waals surface area contributed by atoms with Crippen LogP contribution in [-0.2, 0) is 11.3 Å². The Kier molecular flexibility index (Phi) is 4.74. The van der Waals surface area contributed by atoms with Gasteiger partial charge >= 0.3 is 11.7 Å². The van der Waals surface area contributed by atoms with Crippen molar-refractivity contribution in [3.05, 3.63) is 33.9 Å². The summed E-state index contributed by atoms with van der Waals surface area (Å²) in [4.78, 5) is 23.3. The number of aliphatic carboxylic acids is 1. The van der Waals surface area contributed by atoms with Crippen LogP contribution < -0.4 is 4.74 Å². The van der Waals surface area contributed by atoms with Gasteiger partial charge in [-0.25, -0.2) is 0 Å². The molecule has 7 nitrogen and oxygen atoms in total. The van der Waals surface area contributed by atoms with Crippen molar-refractivity contribution >= 4 is 11.7 Å². The summed E-state index contributed by atoms with van der Waals surface area (Å²) in [6.45, 7) is 0.975. The SMILES string of the molecule is COc1ccc(CN(CCC(=O)O)C2CC2)cc1[N+](=O)[O-]. The molecule has 0 aromatic heterocycles. The van der Waals surface area contributed by atoms with Crippen LogP contribution in [0.1, 0.15) is 24.8 Å². The Morgan fingerprint density at radius 2 is 2.24 bits per heavy atom. The highest BCUT2D eigenvalue weighted by molar-refractivity contribution is 5.66. The van der Waals surface area contributed by atoms with E-state index in [1.807, 2.05) is 0 Å². The minimum Gasteiger partial charge on any atom is -0.490 e. The van der Waals surface area contributed by atoms with Gasteiger partial charge in [-0.2, -0.15) is 0 Å². The van der Waals surface area contributed by atoms with Crippen molar-refractivity contribution < 1.29 is 19.6 Å². The van der Waals surface area contributed by atoms with Gasteiger partial charge in [0, 0.05) is 25.2 Å². The monoisotopic (exact) mass is 294 g/mol. The van der Waals surface area contributed by atoms with Crippen molar-refractivity contribution in [1.82, 2.24) is 4.90 Å². The van der Waals surface area contributed by atoms with Crippen molar-refractivity contribution in [1.29, 1.82) is 0 Å². The quantitative estimate of drug-likeness (QED) is 0.582. The number of nitro groups is 1. The summed E-state index contributed by atoms with van der Waals surface area (Å²) < 4.78 is 4.97. The van der Waals surface area contributed by atoms with E-state index in [0.717, 1.165) is 18.4 Å². The summed E-state index contributed by atoms with van der Waals surface area (Å²) in [6, 6.07) is 5.25. The zero-order chi connectivity index (χ0) is 15.4. The lowest BCUT2D eigenvalue weighted by molar-refractivity contribution is -0.385. The molecular weight excluding hydrogens is 276 g/mol. The van der Waals surface area contributed by atoms with Gasteiger partial charge in [-0.3, -0.25) is 19.8 Å². The minimum absolute atomic E-state index is 0.0658. The van der Waals surface area contributed by atoms with Crippen molar-refractivity contribution in [2.24, 2.45) is 0 Å². The minimum atomic E-state index is -0.832. The zero-order valence-electron chi connectivity index (χ0n) is 11.8. The van der Waals surface area contributed by atoms with Gasteiger partial charge in [0.1, 0.15) is 0 Å². The molecule has 0 unspecified atom stereocenters. The van der Waals surface area contributed by atoms with Crippen LogP contribution in [0.2, 0.25) is 0 Å². The third-order valence-electron chi connectivity index (χ3n) is 3.50. The number of nitrogens with zero attached hydrogens (tertiary/aromatic N) is 2. The number of carboxylic acids is 1. The fourth-order valence-electron chi connectivity index (χ4n) is 2.28. The zero-order valence-corrected chi connectivity index (χ0v) is 11.8. The molecule has 1 aliphatic carbocycles. The van der Waals surface area contributed by atoms with E-state index >= 15 is 0 Å². The molecule has 1 N–H and O–H groups in total. The molecule has 0 heterocycles. The molecule has 0 radical (unpaired) electrons. The first-order chi connectivity index (χ1) is 10.0. The third kappa shape index (κ3) is 4.16. The lowest BCUT2D eigenvalue weighted by atomic mass is 10.1. The largest absolute Gasteiger partial charge is 0.490 e. The predicted molar refractivity (Wildman–Crippen MR) is 75.3 cm³/mol. The van der Waals surface area contributed by atoms with Crippen LogP contribution in [0.5, 0.6) is 5.75 Å². The fraction of sp³-hybridized carbons (Fsp3) is 0.500. The summed E-state index contributed by atoms with van der Waals surface area (Å²) in [5.41, 5.74) is 0.726. The van der Waals surface area contributed by atoms with E-state index in [4.69, 9.17) is 9.84 Å². The van der Waals surface area contributed by atoms with Gasteiger partial charge in [0.25, 0.3) is 0 Å². The van der Waals surface area contributed by atoms with Crippen molar-refractivity contribution in [3.8, 4) is 5.75 Å². The number of methoxy groups -OCH3 is 1. The summed E-state index contributed by atoms with van der Waals surface area (Å²) in [6.07, 6.45) is 2.19. The highest BCUT2D eigenvalue weighted by Gasteiger charge is 2.29. The maximum atomic E-state index is 11.0. The molecule has 21 heavy (non-hydrogen) atoms. The van der Waals surface area contributed by atoms with Gasteiger partial charge in [-0.1, -0.05) is 6.07 Å². The number of hydrogen-bond donors (Lipinski definition) is 1. The molecule has 7 heteroatoms. The third-order valence-corrected chi connectivity index (χ3v) is 3.50. The van der Waals surface area contributed by atoms with Crippen molar-refractivity contribution in [2.45, 2.75) is 31.8 Å². The first kappa shape index (κ1) is 15.2. The molecule has 1 aromatic rings. The standard InChI is InChI=1S/C14H18N2O5/c1-21-13-5-2-10(8-12(13)16(19)20)9-15(11-3-4-11)7-6-14(17)18/h2,5,8,11H,3-4,6-7,9H2,1H3,(H,17,18). The Labute approximate surface area is 122 Å². The molecule has 114 valence electrons. The first-order valence-corrected chi connectivity index (χ1v) is 6.78. The van der Waals surface area contributed by atoms with E-state index in [0.29, 0.717) is 19.1 Å². The Morgan fingerprint density at radius 3 is 2.76 bits per heavy atom. The maximum Gasteiger partial charge on any atom is 0.311 e. The molecule has 0 bridgehead atoms. The Hall–Kier alpha value is -2.15. The van der Waals surface area contributed by atoms with Gasteiger partial charge < -0.3 is 9.84 Å². The molecule has 0 atom stereocenters. The van der Waals surface area contributed by atoms with E-state index in [-0.39, 0.29) is 17.9 Å². The number of benzene rings is 1. The second-order valence-corrected chi connectivity index (χ2v) is 5.11.